The lowest BCUT2D eigenvalue weighted by Gasteiger charge is -2.10. The molecule has 0 spiro atoms. The van der Waals surface area contributed by atoms with Gasteiger partial charge in [-0.25, -0.2) is 0 Å². The molecule has 1 aliphatic heterocycles. The van der Waals surface area contributed by atoms with Gasteiger partial charge in [-0.15, -0.1) is 8.78 Å². The highest BCUT2D eigenvalue weighted by molar-refractivity contribution is 7.80. The predicted octanol–water partition coefficient (Wildman–Crippen LogP) is 2.78. The molecule has 0 radical (unpaired) electrons. The van der Waals surface area contributed by atoms with Crippen LogP contribution in [-0.4, -0.2) is 16.3 Å². The van der Waals surface area contributed by atoms with Gasteiger partial charge >= 0.3 is 6.29 Å². The van der Waals surface area contributed by atoms with Crippen molar-refractivity contribution < 1.29 is 18.3 Å². The third-order valence-corrected chi connectivity index (χ3v) is 2.91. The first-order chi connectivity index (χ1) is 9.94. The van der Waals surface area contributed by atoms with Crippen molar-refractivity contribution >= 4 is 28.6 Å². The number of aromatic nitrogens is 1. The highest BCUT2D eigenvalue weighted by Gasteiger charge is 2.43. The van der Waals surface area contributed by atoms with Crippen molar-refractivity contribution in [3.8, 4) is 11.5 Å². The molecule has 0 amide bonds. The van der Waals surface area contributed by atoms with Crippen molar-refractivity contribution in [2.24, 2.45) is 5.73 Å². The minimum Gasteiger partial charge on any atom is -0.395 e. The number of thiocarbonyl (C=S) groups is 1. The fourth-order valence-corrected chi connectivity index (χ4v) is 2.05. The van der Waals surface area contributed by atoms with E-state index in [2.05, 4.69) is 19.8 Å². The van der Waals surface area contributed by atoms with Crippen molar-refractivity contribution in [2.75, 3.05) is 5.32 Å². The Morgan fingerprint density at radius 1 is 1.24 bits per heavy atom. The largest absolute Gasteiger partial charge is 0.586 e. The zero-order chi connectivity index (χ0) is 15.0. The molecular weight excluding hydrogens is 300 g/mol. The number of hydrogen-bond donors (Lipinski definition) is 2. The number of hydrogen-bond acceptors (Lipinski definition) is 5. The molecule has 2 heterocycles. The maximum atomic E-state index is 13.0. The number of nitrogens with zero attached hydrogens (tertiary/aromatic N) is 1. The van der Waals surface area contributed by atoms with Crippen LogP contribution in [0.15, 0.2) is 36.5 Å². The molecule has 0 saturated heterocycles. The summed E-state index contributed by atoms with van der Waals surface area (Å²) in [4.78, 5) is 4.20. The number of benzene rings is 1. The maximum absolute atomic E-state index is 13.0. The topological polar surface area (TPSA) is 69.4 Å². The molecule has 3 rings (SSSR count). The van der Waals surface area contributed by atoms with E-state index in [1.54, 1.807) is 24.4 Å². The summed E-state index contributed by atoms with van der Waals surface area (Å²) in [6.07, 6.45) is -2.08. The first-order valence-electron chi connectivity index (χ1n) is 5.86. The fraction of sp³-hybridized carbons (Fsp3) is 0.0769. The van der Waals surface area contributed by atoms with Gasteiger partial charge in [0.2, 0.25) is 0 Å². The molecule has 1 aromatic carbocycles. The van der Waals surface area contributed by atoms with E-state index in [1.165, 1.54) is 12.1 Å². The van der Waals surface area contributed by atoms with E-state index in [1.807, 2.05) is 0 Å². The molecule has 1 aromatic heterocycles. The second-order valence-electron chi connectivity index (χ2n) is 4.22. The van der Waals surface area contributed by atoms with E-state index >= 15 is 0 Å². The van der Waals surface area contributed by atoms with Crippen LogP contribution < -0.4 is 20.5 Å². The second-order valence-corrected chi connectivity index (χ2v) is 4.66. The number of fused-ring (bicyclic) bond motifs is 1. The summed E-state index contributed by atoms with van der Waals surface area (Å²) in [6.45, 7) is 0. The van der Waals surface area contributed by atoms with Crippen molar-refractivity contribution in [1.82, 2.24) is 4.98 Å². The van der Waals surface area contributed by atoms with Crippen LogP contribution in [0.3, 0.4) is 0 Å². The van der Waals surface area contributed by atoms with E-state index in [4.69, 9.17) is 18.0 Å². The molecule has 0 atom stereocenters. The Labute approximate surface area is 123 Å². The lowest BCUT2D eigenvalue weighted by atomic mass is 10.2. The van der Waals surface area contributed by atoms with Gasteiger partial charge in [0.05, 0.1) is 5.69 Å². The van der Waals surface area contributed by atoms with E-state index < -0.39 is 6.29 Å². The van der Waals surface area contributed by atoms with Gasteiger partial charge < -0.3 is 20.5 Å². The average molecular weight is 309 g/mol. The van der Waals surface area contributed by atoms with Gasteiger partial charge in [0.1, 0.15) is 10.7 Å². The average Bonchev–Trinajstić information content (AvgIpc) is 2.72. The van der Waals surface area contributed by atoms with Gasteiger partial charge in [-0.3, -0.25) is 4.98 Å². The van der Waals surface area contributed by atoms with Gasteiger partial charge in [-0.1, -0.05) is 12.2 Å². The maximum Gasteiger partial charge on any atom is 0.586 e. The lowest BCUT2D eigenvalue weighted by Crippen LogP contribution is -2.25. The number of ether oxygens (including phenoxy) is 2. The molecule has 0 bridgehead atoms. The Morgan fingerprint density at radius 3 is 2.76 bits per heavy atom. The van der Waals surface area contributed by atoms with Gasteiger partial charge in [0, 0.05) is 18.0 Å². The molecule has 0 fully saturated rings. The number of nitrogens with two attached hydrogens (primary N) is 1. The zero-order valence-corrected chi connectivity index (χ0v) is 11.3. The molecule has 21 heavy (non-hydrogen) atoms. The highest BCUT2D eigenvalue weighted by atomic mass is 32.1. The normalized spacial score (nSPS) is 14.8. The van der Waals surface area contributed by atoms with Crippen LogP contribution in [0, 0.1) is 0 Å². The van der Waals surface area contributed by atoms with E-state index in [0.717, 1.165) is 0 Å². The molecule has 5 nitrogen and oxygen atoms in total. The Kier molecular flexibility index (Phi) is 3.09. The molecule has 108 valence electrons. The summed E-state index contributed by atoms with van der Waals surface area (Å²) >= 11 is 4.91. The Morgan fingerprint density at radius 2 is 2.00 bits per heavy atom. The third-order valence-electron chi connectivity index (χ3n) is 2.72. The SMILES string of the molecule is NC(=S)c1ncccc1Nc1ccc2c(c1)OC(F)(F)O2. The summed E-state index contributed by atoms with van der Waals surface area (Å²) in [5.41, 5.74) is 7.07. The molecule has 2 aromatic rings. The summed E-state index contributed by atoms with van der Waals surface area (Å²) in [5, 5.41) is 3.00. The highest BCUT2D eigenvalue weighted by Crippen LogP contribution is 2.42. The van der Waals surface area contributed by atoms with E-state index in [0.29, 0.717) is 17.1 Å². The van der Waals surface area contributed by atoms with E-state index in [9.17, 15) is 8.78 Å². The molecular formula is C13H9F2N3O2S. The third kappa shape index (κ3) is 2.70. The molecule has 0 aliphatic carbocycles. The zero-order valence-electron chi connectivity index (χ0n) is 10.5. The number of rotatable bonds is 3. The number of pyridine rings is 1. The summed E-state index contributed by atoms with van der Waals surface area (Å²) in [5.74, 6) is -0.0722. The minimum absolute atomic E-state index is 0.0219. The quantitative estimate of drug-likeness (QED) is 0.850. The van der Waals surface area contributed by atoms with Crippen molar-refractivity contribution in [1.29, 1.82) is 0 Å². The summed E-state index contributed by atoms with van der Waals surface area (Å²) in [7, 11) is 0. The van der Waals surface area contributed by atoms with Crippen molar-refractivity contribution in [3.63, 3.8) is 0 Å². The van der Waals surface area contributed by atoms with Crippen LogP contribution in [0.2, 0.25) is 0 Å². The number of nitrogens with one attached hydrogen (secondary N) is 1. The van der Waals surface area contributed by atoms with Gasteiger partial charge in [-0.2, -0.15) is 0 Å². The monoisotopic (exact) mass is 309 g/mol. The second kappa shape index (κ2) is 4.81. The Hall–Kier alpha value is -2.48. The van der Waals surface area contributed by atoms with Crippen molar-refractivity contribution in [3.05, 3.63) is 42.2 Å². The lowest BCUT2D eigenvalue weighted by molar-refractivity contribution is -0.286. The van der Waals surface area contributed by atoms with Crippen LogP contribution in [0.5, 0.6) is 11.5 Å². The number of halogens is 2. The van der Waals surface area contributed by atoms with Crippen LogP contribution in [-0.2, 0) is 0 Å². The van der Waals surface area contributed by atoms with Gasteiger partial charge in [0.25, 0.3) is 0 Å². The van der Waals surface area contributed by atoms with Crippen LogP contribution >= 0.6 is 12.2 Å². The summed E-state index contributed by atoms with van der Waals surface area (Å²) < 4.78 is 34.6. The van der Waals surface area contributed by atoms with Crippen LogP contribution in [0.1, 0.15) is 5.69 Å². The minimum atomic E-state index is -3.64. The fourth-order valence-electron chi connectivity index (χ4n) is 1.88. The molecule has 1 aliphatic rings. The molecule has 8 heteroatoms. The standard InChI is InChI=1S/C13H9F2N3O2S/c14-13(15)19-9-4-3-7(6-10(9)20-13)18-8-2-1-5-17-11(8)12(16)21/h1-6,18H,(H2,16,21). The van der Waals surface area contributed by atoms with Crippen LogP contribution in [0.25, 0.3) is 0 Å². The Balaban J connectivity index is 1.89. The number of alkyl halides is 2. The smallest absolute Gasteiger partial charge is 0.395 e. The van der Waals surface area contributed by atoms with Gasteiger partial charge in [-0.05, 0) is 24.3 Å². The van der Waals surface area contributed by atoms with Crippen molar-refractivity contribution in [2.45, 2.75) is 6.29 Å². The molecule has 0 saturated carbocycles. The van der Waals surface area contributed by atoms with Gasteiger partial charge in [0.15, 0.2) is 11.5 Å². The first kappa shape index (κ1) is 13.5. The Bertz CT molecular complexity index is 724. The predicted molar refractivity (Wildman–Crippen MR) is 76.1 cm³/mol. The number of anilines is 2. The molecule has 3 N–H and O–H groups in total. The summed E-state index contributed by atoms with van der Waals surface area (Å²) in [6, 6.07) is 7.77. The first-order valence-corrected chi connectivity index (χ1v) is 6.27. The van der Waals surface area contributed by atoms with Crippen LogP contribution in [0.4, 0.5) is 20.2 Å². The van der Waals surface area contributed by atoms with E-state index in [-0.39, 0.29) is 16.5 Å². The molecule has 0 unspecified atom stereocenters.